The summed E-state index contributed by atoms with van der Waals surface area (Å²) in [5.41, 5.74) is 10.1. The second-order valence-electron chi connectivity index (χ2n) is 5.38. The van der Waals surface area contributed by atoms with Crippen LogP contribution in [0.25, 0.3) is 0 Å². The molecule has 0 unspecified atom stereocenters. The Hall–Kier alpha value is -2.79. The Morgan fingerprint density at radius 2 is 1.33 bits per heavy atom. The maximum atomic E-state index is 5.91. The van der Waals surface area contributed by atoms with Crippen molar-refractivity contribution in [2.75, 3.05) is 16.4 Å². The first-order valence-electron chi connectivity index (χ1n) is 7.42. The summed E-state index contributed by atoms with van der Waals surface area (Å²) in [5.74, 6) is 1.53. The number of para-hydroxylation sites is 2. The van der Waals surface area contributed by atoms with Crippen LogP contribution in [-0.2, 0) is 0 Å². The van der Waals surface area contributed by atoms with Crippen LogP contribution in [0.5, 0.6) is 0 Å². The largest absolute Gasteiger partial charge is 0.383 e. The summed E-state index contributed by atoms with van der Waals surface area (Å²) >= 11 is 0. The lowest BCUT2D eigenvalue weighted by Crippen LogP contribution is -2.04. The summed E-state index contributed by atoms with van der Waals surface area (Å²) < 4.78 is 0. The van der Waals surface area contributed by atoms with Crippen molar-refractivity contribution in [2.45, 2.75) is 13.8 Å². The molecule has 0 fully saturated rings. The molecule has 2 aromatic carbocycles. The predicted molar refractivity (Wildman–Crippen MR) is 103 cm³/mol. The van der Waals surface area contributed by atoms with Crippen molar-refractivity contribution in [3.63, 3.8) is 0 Å². The summed E-state index contributed by atoms with van der Waals surface area (Å²) in [6.07, 6.45) is 0. The van der Waals surface area contributed by atoms with Gasteiger partial charge in [0.05, 0.1) is 0 Å². The van der Waals surface area contributed by atoms with Crippen LogP contribution in [0, 0.1) is 13.8 Å². The number of benzene rings is 2. The van der Waals surface area contributed by atoms with Gasteiger partial charge in [-0.05, 0) is 37.1 Å². The van der Waals surface area contributed by atoms with E-state index in [-0.39, 0.29) is 12.4 Å². The minimum absolute atomic E-state index is 0. The molecule has 0 saturated carbocycles. The monoisotopic (exact) mass is 341 g/mol. The molecule has 0 bridgehead atoms. The third-order valence-corrected chi connectivity index (χ3v) is 3.55. The molecule has 1 aromatic heterocycles. The fourth-order valence-corrected chi connectivity index (χ4v) is 2.27. The lowest BCUT2D eigenvalue weighted by atomic mass is 10.2. The normalized spacial score (nSPS) is 9.92. The summed E-state index contributed by atoms with van der Waals surface area (Å²) in [6.45, 7) is 4.07. The fourth-order valence-electron chi connectivity index (χ4n) is 2.27. The van der Waals surface area contributed by atoms with Crippen LogP contribution >= 0.6 is 12.4 Å². The molecular weight excluding hydrogens is 322 g/mol. The number of nitrogens with one attached hydrogen (secondary N) is 2. The van der Waals surface area contributed by atoms with Crippen molar-refractivity contribution in [1.82, 2.24) is 9.97 Å². The average Bonchev–Trinajstić information content (AvgIpc) is 2.51. The van der Waals surface area contributed by atoms with Crippen molar-refractivity contribution in [2.24, 2.45) is 0 Å². The summed E-state index contributed by atoms with van der Waals surface area (Å²) in [7, 11) is 0. The van der Waals surface area contributed by atoms with Crippen molar-refractivity contribution in [3.8, 4) is 0 Å². The number of hydrogen-bond acceptors (Lipinski definition) is 5. The van der Waals surface area contributed by atoms with Crippen molar-refractivity contribution >= 4 is 41.4 Å². The van der Waals surface area contributed by atoms with Crippen LogP contribution < -0.4 is 16.4 Å². The molecule has 24 heavy (non-hydrogen) atoms. The van der Waals surface area contributed by atoms with Gasteiger partial charge in [0.1, 0.15) is 11.6 Å². The maximum Gasteiger partial charge on any atom is 0.231 e. The van der Waals surface area contributed by atoms with E-state index in [0.717, 1.165) is 22.5 Å². The quantitative estimate of drug-likeness (QED) is 0.647. The lowest BCUT2D eigenvalue weighted by Gasteiger charge is -2.12. The Bertz CT molecular complexity index is 769. The summed E-state index contributed by atoms with van der Waals surface area (Å²) in [5, 5.41) is 6.49. The topological polar surface area (TPSA) is 75.9 Å². The average molecular weight is 342 g/mol. The van der Waals surface area contributed by atoms with E-state index in [0.29, 0.717) is 17.6 Å². The second-order valence-corrected chi connectivity index (χ2v) is 5.38. The van der Waals surface area contributed by atoms with Crippen LogP contribution in [0.3, 0.4) is 0 Å². The Morgan fingerprint density at radius 1 is 0.792 bits per heavy atom. The molecule has 5 nitrogen and oxygen atoms in total. The van der Waals surface area contributed by atoms with Gasteiger partial charge in [-0.2, -0.15) is 9.97 Å². The van der Waals surface area contributed by atoms with Gasteiger partial charge in [0.2, 0.25) is 5.95 Å². The number of anilines is 5. The number of rotatable bonds is 4. The van der Waals surface area contributed by atoms with Crippen LogP contribution in [0.1, 0.15) is 11.1 Å². The standard InChI is InChI=1S/C18H19N5.ClH/c1-12-7-3-5-9-14(12)20-17-11-16(19)22-18(23-17)21-15-10-6-4-8-13(15)2;/h3-11H,1-2H3,(H4,19,20,21,22,23);1H. The molecule has 1 heterocycles. The molecule has 0 atom stereocenters. The molecule has 0 aliphatic heterocycles. The molecule has 0 saturated heterocycles. The molecule has 3 aromatic rings. The molecular formula is C18H20ClN5. The van der Waals surface area contributed by atoms with Gasteiger partial charge in [0.25, 0.3) is 0 Å². The smallest absolute Gasteiger partial charge is 0.231 e. The number of nitrogens with zero attached hydrogens (tertiary/aromatic N) is 2. The molecule has 124 valence electrons. The Labute approximate surface area is 147 Å². The zero-order chi connectivity index (χ0) is 16.2. The highest BCUT2D eigenvalue weighted by molar-refractivity contribution is 5.85. The SMILES string of the molecule is Cc1ccccc1Nc1cc(N)nc(Nc2ccccc2C)n1.Cl. The Kier molecular flexibility index (Phi) is 5.60. The van der Waals surface area contributed by atoms with E-state index in [1.165, 1.54) is 0 Å². The van der Waals surface area contributed by atoms with Gasteiger partial charge >= 0.3 is 0 Å². The van der Waals surface area contributed by atoms with Crippen LogP contribution in [-0.4, -0.2) is 9.97 Å². The molecule has 0 amide bonds. The van der Waals surface area contributed by atoms with Crippen LogP contribution in [0.15, 0.2) is 54.6 Å². The van der Waals surface area contributed by atoms with Gasteiger partial charge in [0.15, 0.2) is 0 Å². The van der Waals surface area contributed by atoms with Crippen LogP contribution in [0.4, 0.5) is 29.0 Å². The number of aromatic nitrogens is 2. The van der Waals surface area contributed by atoms with E-state index in [2.05, 4.69) is 20.6 Å². The fraction of sp³-hybridized carbons (Fsp3) is 0.111. The molecule has 0 spiro atoms. The molecule has 0 aliphatic rings. The zero-order valence-electron chi connectivity index (χ0n) is 13.6. The van der Waals surface area contributed by atoms with Gasteiger partial charge in [-0.25, -0.2) is 0 Å². The van der Waals surface area contributed by atoms with Gasteiger partial charge in [0, 0.05) is 17.4 Å². The number of aryl methyl sites for hydroxylation is 2. The third-order valence-electron chi connectivity index (χ3n) is 3.55. The first-order valence-corrected chi connectivity index (χ1v) is 7.42. The lowest BCUT2D eigenvalue weighted by molar-refractivity contribution is 1.17. The Morgan fingerprint density at radius 3 is 1.92 bits per heavy atom. The Balaban J connectivity index is 0.00000208. The zero-order valence-corrected chi connectivity index (χ0v) is 14.4. The van der Waals surface area contributed by atoms with E-state index >= 15 is 0 Å². The van der Waals surface area contributed by atoms with E-state index in [1.807, 2.05) is 62.4 Å². The van der Waals surface area contributed by atoms with Crippen molar-refractivity contribution in [3.05, 3.63) is 65.7 Å². The van der Waals surface area contributed by atoms with Gasteiger partial charge < -0.3 is 16.4 Å². The predicted octanol–water partition coefficient (Wildman–Crippen LogP) is 4.58. The number of nitrogen functional groups attached to an aromatic ring is 1. The molecule has 0 aliphatic carbocycles. The summed E-state index contributed by atoms with van der Waals surface area (Å²) in [4.78, 5) is 8.74. The first kappa shape index (κ1) is 17.6. The number of hydrogen-bond donors (Lipinski definition) is 3. The minimum atomic E-state index is 0. The highest BCUT2D eigenvalue weighted by Crippen LogP contribution is 2.23. The molecule has 0 radical (unpaired) electrons. The van der Waals surface area contributed by atoms with Gasteiger partial charge in [-0.3, -0.25) is 0 Å². The van der Waals surface area contributed by atoms with E-state index in [9.17, 15) is 0 Å². The van der Waals surface area contributed by atoms with Crippen molar-refractivity contribution < 1.29 is 0 Å². The van der Waals surface area contributed by atoms with E-state index in [1.54, 1.807) is 6.07 Å². The number of halogens is 1. The second kappa shape index (κ2) is 7.66. The number of nitrogens with two attached hydrogens (primary N) is 1. The highest BCUT2D eigenvalue weighted by Gasteiger charge is 2.06. The molecule has 3 rings (SSSR count). The van der Waals surface area contributed by atoms with Gasteiger partial charge in [-0.1, -0.05) is 36.4 Å². The van der Waals surface area contributed by atoms with E-state index < -0.39 is 0 Å². The van der Waals surface area contributed by atoms with Crippen LogP contribution in [0.2, 0.25) is 0 Å². The van der Waals surface area contributed by atoms with E-state index in [4.69, 9.17) is 5.73 Å². The third kappa shape index (κ3) is 4.14. The van der Waals surface area contributed by atoms with Gasteiger partial charge in [-0.15, -0.1) is 12.4 Å². The maximum absolute atomic E-state index is 5.91. The molecule has 4 N–H and O–H groups in total. The minimum Gasteiger partial charge on any atom is -0.383 e. The molecule has 6 heteroatoms. The highest BCUT2D eigenvalue weighted by atomic mass is 35.5. The van der Waals surface area contributed by atoms with Crippen molar-refractivity contribution in [1.29, 1.82) is 0 Å². The first-order chi connectivity index (χ1) is 11.1. The summed E-state index contributed by atoms with van der Waals surface area (Å²) in [6, 6.07) is 17.7.